The highest BCUT2D eigenvalue weighted by Gasteiger charge is 2.36. The smallest absolute Gasteiger partial charge is 0.161 e. The van der Waals surface area contributed by atoms with Gasteiger partial charge in [0.1, 0.15) is 13.3 Å². The van der Waals surface area contributed by atoms with Gasteiger partial charge in [0.05, 0.1) is 12.6 Å². The minimum Gasteiger partial charge on any atom is -0.493 e. The predicted molar refractivity (Wildman–Crippen MR) is 136 cm³/mol. The lowest BCUT2D eigenvalue weighted by molar-refractivity contribution is 0.145. The maximum absolute atomic E-state index is 10.1. The highest BCUT2D eigenvalue weighted by molar-refractivity contribution is 9.10. The summed E-state index contributed by atoms with van der Waals surface area (Å²) in [6, 6.07) is 21.2. The summed E-state index contributed by atoms with van der Waals surface area (Å²) in [5, 5.41) is 11.4. The fourth-order valence-electron chi connectivity index (χ4n) is 5.60. The van der Waals surface area contributed by atoms with Crippen LogP contribution < -0.4 is 9.47 Å². The largest absolute Gasteiger partial charge is 0.493 e. The van der Waals surface area contributed by atoms with Gasteiger partial charge in [0.15, 0.2) is 11.5 Å². The predicted octanol–water partition coefficient (Wildman–Crippen LogP) is 5.60. The standard InChI is InChI=1S/C28H27BrN2O3/c1-33-27-14-21-19(11-28(27)34-16-18-5-3-2-4-6-18)9-10-30-15-26-23(13-25(21)30)22-12-20(29)7-8-24(22)31(26)17-32/h2-8,11-12,14,25,32H,9-10,13,15-17H2,1H3. The molecule has 3 heterocycles. The maximum atomic E-state index is 10.1. The van der Waals surface area contributed by atoms with Crippen LogP contribution in [-0.4, -0.2) is 28.2 Å². The van der Waals surface area contributed by atoms with E-state index in [2.05, 4.69) is 61.8 Å². The zero-order valence-electron chi connectivity index (χ0n) is 19.1. The molecule has 0 aliphatic carbocycles. The SMILES string of the molecule is COc1cc2c(cc1OCc1ccccc1)CCN1Cc3c(c4cc(Br)ccc4n3CO)CC21. The van der Waals surface area contributed by atoms with Gasteiger partial charge in [0.25, 0.3) is 0 Å². The number of nitrogens with zero attached hydrogens (tertiary/aromatic N) is 2. The molecule has 0 amide bonds. The Morgan fingerprint density at radius 3 is 2.71 bits per heavy atom. The number of hydrogen-bond donors (Lipinski definition) is 1. The number of rotatable bonds is 5. The molecular weight excluding hydrogens is 492 g/mol. The van der Waals surface area contributed by atoms with Crippen molar-refractivity contribution in [2.24, 2.45) is 0 Å². The van der Waals surface area contributed by atoms with E-state index in [1.807, 2.05) is 24.3 Å². The van der Waals surface area contributed by atoms with Crippen LogP contribution in [0.5, 0.6) is 11.5 Å². The van der Waals surface area contributed by atoms with Gasteiger partial charge in [-0.3, -0.25) is 4.90 Å². The molecule has 1 unspecified atom stereocenters. The molecule has 0 saturated heterocycles. The second-order valence-corrected chi connectivity index (χ2v) is 9.99. The van der Waals surface area contributed by atoms with Gasteiger partial charge in [-0.15, -0.1) is 0 Å². The van der Waals surface area contributed by atoms with Crippen molar-refractivity contribution in [2.45, 2.75) is 38.8 Å². The van der Waals surface area contributed by atoms with Gasteiger partial charge in [0.2, 0.25) is 0 Å². The van der Waals surface area contributed by atoms with E-state index in [1.165, 1.54) is 27.8 Å². The number of methoxy groups -OCH3 is 1. The minimum atomic E-state index is -0.00149. The molecule has 34 heavy (non-hydrogen) atoms. The fraction of sp³-hybridized carbons (Fsp3) is 0.286. The molecule has 2 aliphatic rings. The molecule has 3 aromatic carbocycles. The van der Waals surface area contributed by atoms with Crippen LogP contribution >= 0.6 is 15.9 Å². The molecule has 0 saturated carbocycles. The van der Waals surface area contributed by atoms with Gasteiger partial charge in [-0.2, -0.15) is 0 Å². The average Bonchev–Trinajstić information content (AvgIpc) is 3.17. The highest BCUT2D eigenvalue weighted by Crippen LogP contribution is 2.45. The molecule has 4 aromatic rings. The van der Waals surface area contributed by atoms with Crippen LogP contribution in [0.2, 0.25) is 0 Å². The molecule has 1 N–H and O–H groups in total. The molecule has 0 spiro atoms. The van der Waals surface area contributed by atoms with Crippen molar-refractivity contribution >= 4 is 26.8 Å². The van der Waals surface area contributed by atoms with Gasteiger partial charge in [-0.25, -0.2) is 0 Å². The van der Waals surface area contributed by atoms with Crippen molar-refractivity contribution in [1.29, 1.82) is 0 Å². The first-order valence-electron chi connectivity index (χ1n) is 11.7. The van der Waals surface area contributed by atoms with E-state index >= 15 is 0 Å². The summed E-state index contributed by atoms with van der Waals surface area (Å²) < 4.78 is 15.1. The fourth-order valence-corrected chi connectivity index (χ4v) is 5.96. The molecule has 0 radical (unpaired) electrons. The summed E-state index contributed by atoms with van der Waals surface area (Å²) in [4.78, 5) is 2.54. The number of aliphatic hydroxyl groups is 1. The molecule has 5 nitrogen and oxygen atoms in total. The summed E-state index contributed by atoms with van der Waals surface area (Å²) >= 11 is 3.63. The summed E-state index contributed by atoms with van der Waals surface area (Å²) in [6.45, 7) is 2.34. The summed E-state index contributed by atoms with van der Waals surface area (Å²) in [7, 11) is 1.71. The van der Waals surface area contributed by atoms with Gasteiger partial charge in [-0.1, -0.05) is 46.3 Å². The summed E-state index contributed by atoms with van der Waals surface area (Å²) in [5.74, 6) is 1.58. The Hall–Kier alpha value is -2.80. The number of halogens is 1. The third kappa shape index (κ3) is 3.61. The van der Waals surface area contributed by atoms with Crippen LogP contribution in [0, 0.1) is 0 Å². The van der Waals surface area contributed by atoms with Crippen molar-refractivity contribution in [1.82, 2.24) is 9.47 Å². The van der Waals surface area contributed by atoms with E-state index in [0.717, 1.165) is 53.0 Å². The number of aromatic nitrogens is 1. The number of hydrogen-bond acceptors (Lipinski definition) is 4. The Balaban J connectivity index is 1.36. The molecule has 2 aliphatic heterocycles. The van der Waals surface area contributed by atoms with E-state index in [-0.39, 0.29) is 12.8 Å². The van der Waals surface area contributed by atoms with Crippen LogP contribution in [0.25, 0.3) is 10.9 Å². The Morgan fingerprint density at radius 2 is 1.91 bits per heavy atom. The van der Waals surface area contributed by atoms with E-state index in [0.29, 0.717) is 6.61 Å². The Bertz CT molecular complexity index is 1370. The number of ether oxygens (including phenoxy) is 2. The average molecular weight is 519 g/mol. The van der Waals surface area contributed by atoms with Gasteiger partial charge < -0.3 is 19.1 Å². The number of aliphatic hydroxyl groups excluding tert-OH is 1. The van der Waals surface area contributed by atoms with E-state index in [4.69, 9.17) is 9.47 Å². The van der Waals surface area contributed by atoms with Gasteiger partial charge in [0, 0.05) is 34.7 Å². The molecule has 0 bridgehead atoms. The van der Waals surface area contributed by atoms with E-state index in [9.17, 15) is 5.11 Å². The Kier molecular flexibility index (Phi) is 5.60. The molecular formula is C28H27BrN2O3. The molecule has 6 rings (SSSR count). The Morgan fingerprint density at radius 1 is 1.06 bits per heavy atom. The summed E-state index contributed by atoms with van der Waals surface area (Å²) in [5.41, 5.74) is 7.45. The minimum absolute atomic E-state index is 0.00149. The van der Waals surface area contributed by atoms with Crippen molar-refractivity contribution in [3.63, 3.8) is 0 Å². The normalized spacial score (nSPS) is 17.2. The first-order chi connectivity index (χ1) is 16.7. The van der Waals surface area contributed by atoms with Crippen LogP contribution in [0.15, 0.2) is 65.1 Å². The quantitative estimate of drug-likeness (QED) is 0.373. The van der Waals surface area contributed by atoms with Crippen LogP contribution in [-0.2, 0) is 32.7 Å². The van der Waals surface area contributed by atoms with Crippen LogP contribution in [0.1, 0.15) is 34.0 Å². The molecule has 1 atom stereocenters. The zero-order chi connectivity index (χ0) is 23.2. The third-order valence-corrected chi connectivity index (χ3v) is 7.76. The first-order valence-corrected chi connectivity index (χ1v) is 12.5. The molecule has 6 heteroatoms. The van der Waals surface area contributed by atoms with Crippen molar-refractivity contribution in [3.8, 4) is 11.5 Å². The van der Waals surface area contributed by atoms with Crippen LogP contribution in [0.4, 0.5) is 0 Å². The topological polar surface area (TPSA) is 46.9 Å². The van der Waals surface area contributed by atoms with Crippen molar-refractivity contribution < 1.29 is 14.6 Å². The monoisotopic (exact) mass is 518 g/mol. The second-order valence-electron chi connectivity index (χ2n) is 9.07. The van der Waals surface area contributed by atoms with E-state index in [1.54, 1.807) is 7.11 Å². The maximum Gasteiger partial charge on any atom is 0.161 e. The lowest BCUT2D eigenvalue weighted by atomic mass is 9.85. The zero-order valence-corrected chi connectivity index (χ0v) is 20.7. The highest BCUT2D eigenvalue weighted by atomic mass is 79.9. The molecule has 1 aromatic heterocycles. The number of fused-ring (bicyclic) bond motifs is 6. The summed E-state index contributed by atoms with van der Waals surface area (Å²) in [6.07, 6.45) is 1.88. The van der Waals surface area contributed by atoms with Crippen LogP contribution in [0.3, 0.4) is 0 Å². The lowest BCUT2D eigenvalue weighted by Crippen LogP contribution is -2.39. The second kappa shape index (κ2) is 8.77. The molecule has 174 valence electrons. The first kappa shape index (κ1) is 21.7. The van der Waals surface area contributed by atoms with Crippen molar-refractivity contribution in [2.75, 3.05) is 13.7 Å². The Labute approximate surface area is 207 Å². The lowest BCUT2D eigenvalue weighted by Gasteiger charge is -2.41. The van der Waals surface area contributed by atoms with Crippen molar-refractivity contribution in [3.05, 3.63) is 93.1 Å². The van der Waals surface area contributed by atoms with Gasteiger partial charge in [-0.05, 0) is 65.4 Å². The molecule has 0 fully saturated rings. The van der Waals surface area contributed by atoms with Gasteiger partial charge >= 0.3 is 0 Å². The number of benzene rings is 3. The third-order valence-electron chi connectivity index (χ3n) is 7.27. The van der Waals surface area contributed by atoms with E-state index < -0.39 is 0 Å².